The van der Waals surface area contributed by atoms with E-state index in [2.05, 4.69) is 93.3 Å². The minimum Gasteiger partial charge on any atom is -0.0811 e. The molecule has 0 saturated heterocycles. The predicted octanol–water partition coefficient (Wildman–Crippen LogP) is 8.02. The molecule has 0 aromatic rings. The van der Waals surface area contributed by atoms with Crippen LogP contribution in [0.15, 0.2) is 93.7 Å². The second-order valence-electron chi connectivity index (χ2n) is 9.50. The largest absolute Gasteiger partial charge is 0.119 e. The van der Waals surface area contributed by atoms with E-state index in [4.69, 9.17) is 0 Å². The molecule has 0 unspecified atom stereocenters. The number of rotatable bonds is 9. The second kappa shape index (κ2) is 8.61. The monoisotopic (exact) mass is 416 g/mol. The van der Waals surface area contributed by atoms with Crippen molar-refractivity contribution in [3.63, 3.8) is 0 Å². The van der Waals surface area contributed by atoms with Crippen molar-refractivity contribution >= 4 is 16.1 Å². The highest BCUT2D eigenvalue weighted by Gasteiger charge is 2.43. The zero-order valence-electron chi connectivity index (χ0n) is 18.5. The van der Waals surface area contributed by atoms with Gasteiger partial charge in [0.05, 0.1) is 0 Å². The van der Waals surface area contributed by atoms with Gasteiger partial charge in [0.1, 0.15) is 16.1 Å². The minimum atomic E-state index is -1.69. The maximum absolute atomic E-state index is 2.62. The summed E-state index contributed by atoms with van der Waals surface area (Å²) in [4.78, 5) is 0. The van der Waals surface area contributed by atoms with Crippen LogP contribution in [0.25, 0.3) is 0 Å². The molecule has 0 bridgehead atoms. The van der Waals surface area contributed by atoms with Gasteiger partial charge in [-0.15, -0.1) is 0 Å². The van der Waals surface area contributed by atoms with Gasteiger partial charge in [-0.2, -0.15) is 0 Å². The van der Waals surface area contributed by atoms with E-state index < -0.39 is 16.1 Å². The Morgan fingerprint density at radius 2 is 1.07 bits per heavy atom. The van der Waals surface area contributed by atoms with Crippen LogP contribution in [0, 0.1) is 0 Å². The number of allylic oxidation sites excluding steroid dienone is 16. The molecule has 0 saturated carbocycles. The quantitative estimate of drug-likeness (QED) is 0.334. The zero-order valence-corrected chi connectivity index (χ0v) is 20.5. The van der Waals surface area contributed by atoms with Gasteiger partial charge >= 0.3 is 0 Å². The van der Waals surface area contributed by atoms with Gasteiger partial charge in [-0.25, -0.2) is 0 Å². The van der Waals surface area contributed by atoms with Gasteiger partial charge in [0.2, 0.25) is 0 Å². The second-order valence-corrected chi connectivity index (χ2v) is 18.6. The molecule has 0 nitrogen and oxygen atoms in total. The van der Waals surface area contributed by atoms with E-state index in [0.29, 0.717) is 0 Å². The van der Waals surface area contributed by atoms with Crippen LogP contribution >= 0.6 is 0 Å². The molecule has 0 fully saturated rings. The molecule has 0 aromatic carbocycles. The van der Waals surface area contributed by atoms with E-state index >= 15 is 0 Å². The van der Waals surface area contributed by atoms with Crippen LogP contribution in [0.4, 0.5) is 0 Å². The SMILES string of the molecule is CC(C)[Si](CCC[Si](C)(C1=CCC=C1)C1=CCC=C1)(C1=CCC=C1)C1=CCC=C1. The molecule has 4 aliphatic carbocycles. The number of hydrogen-bond acceptors (Lipinski definition) is 0. The Balaban J connectivity index is 1.60. The molecule has 0 aliphatic heterocycles. The Labute approximate surface area is 179 Å². The Morgan fingerprint density at radius 3 is 1.41 bits per heavy atom. The van der Waals surface area contributed by atoms with Crippen molar-refractivity contribution in [3.05, 3.63) is 93.7 Å². The normalized spacial score (nSPS) is 20.7. The number of hydrogen-bond donors (Lipinski definition) is 0. The molecule has 0 amide bonds. The molecule has 0 spiro atoms. The summed E-state index contributed by atoms with van der Waals surface area (Å²) < 4.78 is 0. The van der Waals surface area contributed by atoms with Gasteiger partial charge in [-0.3, -0.25) is 0 Å². The lowest BCUT2D eigenvalue weighted by Gasteiger charge is -2.39. The molecule has 0 N–H and O–H groups in total. The average Bonchev–Trinajstić information content (AvgIpc) is 3.54. The van der Waals surface area contributed by atoms with Crippen molar-refractivity contribution in [1.82, 2.24) is 0 Å². The summed E-state index contributed by atoms with van der Waals surface area (Å²) in [5.74, 6) is 0. The van der Waals surface area contributed by atoms with Gasteiger partial charge in [0.15, 0.2) is 0 Å². The first-order valence-corrected chi connectivity index (χ1v) is 16.6. The van der Waals surface area contributed by atoms with Crippen molar-refractivity contribution in [3.8, 4) is 0 Å². The lowest BCUT2D eigenvalue weighted by molar-refractivity contribution is 0.941. The van der Waals surface area contributed by atoms with Crippen molar-refractivity contribution < 1.29 is 0 Å². The Morgan fingerprint density at radius 1 is 0.655 bits per heavy atom. The maximum atomic E-state index is 2.62. The van der Waals surface area contributed by atoms with Crippen molar-refractivity contribution in [2.45, 2.75) is 70.1 Å². The van der Waals surface area contributed by atoms with E-state index in [9.17, 15) is 0 Å². The maximum Gasteiger partial charge on any atom is 0.119 e. The molecular weight excluding hydrogens is 380 g/mol. The Hall–Kier alpha value is -1.65. The average molecular weight is 417 g/mol. The van der Waals surface area contributed by atoms with Crippen LogP contribution < -0.4 is 0 Å². The fourth-order valence-electron chi connectivity index (χ4n) is 5.90. The molecule has 152 valence electrons. The van der Waals surface area contributed by atoms with Crippen LogP contribution in [0.1, 0.15) is 46.0 Å². The van der Waals surface area contributed by atoms with E-state index in [0.717, 1.165) is 31.2 Å². The Bertz CT molecular complexity index is 823. The summed E-state index contributed by atoms with van der Waals surface area (Å²) in [5, 5.41) is 6.75. The van der Waals surface area contributed by atoms with Gasteiger partial charge in [-0.1, -0.05) is 121 Å². The molecule has 4 rings (SSSR count). The van der Waals surface area contributed by atoms with Crippen LogP contribution in [-0.4, -0.2) is 16.1 Å². The highest BCUT2D eigenvalue weighted by Crippen LogP contribution is 2.45. The fraction of sp³-hybridized carbons (Fsp3) is 0.407. The molecule has 0 radical (unpaired) electrons. The first-order chi connectivity index (χ1) is 14.1. The summed E-state index contributed by atoms with van der Waals surface area (Å²) >= 11 is 0. The topological polar surface area (TPSA) is 0 Å². The summed E-state index contributed by atoms with van der Waals surface area (Å²) in [5.41, 5.74) is 0.745. The summed E-state index contributed by atoms with van der Waals surface area (Å²) in [6.07, 6.45) is 35.3. The van der Waals surface area contributed by atoms with Crippen LogP contribution in [0.3, 0.4) is 0 Å². The third-order valence-electron chi connectivity index (χ3n) is 7.62. The van der Waals surface area contributed by atoms with Gasteiger partial charge in [0.25, 0.3) is 0 Å². The van der Waals surface area contributed by atoms with E-state index in [1.165, 1.54) is 18.5 Å². The molecule has 0 atom stereocenters. The standard InChI is InChI=1S/C27H36Si2/c1-23(2)29(26-17-8-9-18-26,27-19-10-11-20-27)22-12-21-28(3,24-13-4-5-14-24)25-15-6-7-16-25/h4,6,8,10,13-20,23H,5,7,9,11-12,21-22H2,1-3H3. The zero-order chi connectivity index (χ0) is 20.3. The molecular formula is C27H36Si2. The highest BCUT2D eigenvalue weighted by molar-refractivity contribution is 6.95. The third kappa shape index (κ3) is 3.77. The summed E-state index contributed by atoms with van der Waals surface area (Å²) in [6.45, 7) is 7.61. The summed E-state index contributed by atoms with van der Waals surface area (Å²) in [7, 11) is -3.29. The fourth-order valence-corrected chi connectivity index (χ4v) is 15.5. The highest BCUT2D eigenvalue weighted by atomic mass is 28.3. The molecule has 4 aliphatic rings. The lowest BCUT2D eigenvalue weighted by atomic mass is 10.5. The van der Waals surface area contributed by atoms with Gasteiger partial charge in [-0.05, 0) is 43.3 Å². The first kappa shape index (κ1) is 20.6. The summed E-state index contributed by atoms with van der Waals surface area (Å²) in [6, 6.07) is 2.78. The third-order valence-corrected chi connectivity index (χ3v) is 18.2. The molecule has 29 heavy (non-hydrogen) atoms. The predicted molar refractivity (Wildman–Crippen MR) is 134 cm³/mol. The Kier molecular flexibility index (Phi) is 6.12. The van der Waals surface area contributed by atoms with E-state index in [-0.39, 0.29) is 0 Å². The van der Waals surface area contributed by atoms with E-state index in [1.807, 2.05) is 0 Å². The van der Waals surface area contributed by atoms with Crippen LogP contribution in [0.2, 0.25) is 24.2 Å². The van der Waals surface area contributed by atoms with Gasteiger partial charge < -0.3 is 0 Å². The smallest absolute Gasteiger partial charge is 0.0811 e. The van der Waals surface area contributed by atoms with E-state index in [1.54, 1.807) is 20.8 Å². The molecule has 0 heterocycles. The molecule has 0 aromatic heterocycles. The lowest BCUT2D eigenvalue weighted by Crippen LogP contribution is -2.43. The minimum absolute atomic E-state index is 0.745. The van der Waals surface area contributed by atoms with Crippen molar-refractivity contribution in [1.29, 1.82) is 0 Å². The van der Waals surface area contributed by atoms with Crippen molar-refractivity contribution in [2.75, 3.05) is 0 Å². The van der Waals surface area contributed by atoms with Gasteiger partial charge in [0, 0.05) is 0 Å². The first-order valence-electron chi connectivity index (χ1n) is 11.6. The van der Waals surface area contributed by atoms with Crippen LogP contribution in [-0.2, 0) is 0 Å². The van der Waals surface area contributed by atoms with Crippen LogP contribution in [0.5, 0.6) is 0 Å². The molecule has 2 heteroatoms. The van der Waals surface area contributed by atoms with Crippen molar-refractivity contribution in [2.24, 2.45) is 0 Å².